The van der Waals surface area contributed by atoms with Gasteiger partial charge >= 0.3 is 5.97 Å². The summed E-state index contributed by atoms with van der Waals surface area (Å²) in [5.41, 5.74) is 4.02. The predicted octanol–water partition coefficient (Wildman–Crippen LogP) is 5.69. The number of halogens is 1. The number of ether oxygens (including phenoxy) is 1. The molecule has 2 heterocycles. The van der Waals surface area contributed by atoms with Gasteiger partial charge in [-0.1, -0.05) is 43.7 Å². The van der Waals surface area contributed by atoms with Crippen molar-refractivity contribution in [3.05, 3.63) is 93.3 Å². The Balaban J connectivity index is 1.51. The Kier molecular flexibility index (Phi) is 8.60. The summed E-state index contributed by atoms with van der Waals surface area (Å²) in [5.74, 6) is -1.43. The number of carboxylic acid groups (broad SMARTS) is 1. The molecule has 2 aromatic carbocycles. The van der Waals surface area contributed by atoms with Crippen molar-refractivity contribution in [3.63, 3.8) is 0 Å². The number of hydrogen-bond acceptors (Lipinski definition) is 5. The first-order valence-corrected chi connectivity index (χ1v) is 14.1. The van der Waals surface area contributed by atoms with Gasteiger partial charge in [0.15, 0.2) is 0 Å². The first kappa shape index (κ1) is 28.2. The van der Waals surface area contributed by atoms with Crippen molar-refractivity contribution in [1.82, 2.24) is 14.2 Å². The van der Waals surface area contributed by atoms with Crippen molar-refractivity contribution >= 4 is 11.6 Å². The summed E-state index contributed by atoms with van der Waals surface area (Å²) in [5, 5.41) is 23.0. The molecule has 0 atom stereocenters. The molecular weight excluding hydrogens is 523 g/mol. The van der Waals surface area contributed by atoms with Gasteiger partial charge in [-0.3, -0.25) is 9.36 Å². The van der Waals surface area contributed by atoms with Crippen molar-refractivity contribution < 1.29 is 19.0 Å². The van der Waals surface area contributed by atoms with Gasteiger partial charge in [-0.25, -0.2) is 13.7 Å². The molecule has 0 unspecified atom stereocenters. The van der Waals surface area contributed by atoms with E-state index in [2.05, 4.69) is 18.1 Å². The molecule has 41 heavy (non-hydrogen) atoms. The Hall–Kier alpha value is -4.29. The summed E-state index contributed by atoms with van der Waals surface area (Å²) in [4.78, 5) is 25.1. The molecule has 2 aromatic heterocycles. The summed E-state index contributed by atoms with van der Waals surface area (Å²) < 4.78 is 24.6. The number of aromatic nitrogens is 3. The fraction of sp³-hybridized carbons (Fsp3) is 0.375. The lowest BCUT2D eigenvalue weighted by molar-refractivity contribution is -0.145. The van der Waals surface area contributed by atoms with Crippen LogP contribution in [0.3, 0.4) is 0 Å². The van der Waals surface area contributed by atoms with Crippen molar-refractivity contribution in [2.24, 2.45) is 0 Å². The lowest BCUT2D eigenvalue weighted by Gasteiger charge is -2.30. The Bertz CT molecular complexity index is 1660. The fourth-order valence-corrected chi connectivity index (χ4v) is 5.88. The van der Waals surface area contributed by atoms with Gasteiger partial charge in [0.05, 0.1) is 29.6 Å². The molecule has 1 aliphatic rings. The molecule has 4 aromatic rings. The molecule has 0 aliphatic heterocycles. The van der Waals surface area contributed by atoms with Crippen LogP contribution in [0.25, 0.3) is 16.8 Å². The Morgan fingerprint density at radius 3 is 2.63 bits per heavy atom. The van der Waals surface area contributed by atoms with Crippen LogP contribution in [-0.2, 0) is 22.4 Å². The molecule has 1 saturated carbocycles. The number of nitriles is 1. The highest BCUT2D eigenvalue weighted by molar-refractivity contribution is 5.71. The highest BCUT2D eigenvalue weighted by Gasteiger charge is 2.28. The highest BCUT2D eigenvalue weighted by atomic mass is 19.1. The van der Waals surface area contributed by atoms with Crippen molar-refractivity contribution in [3.8, 4) is 17.2 Å². The van der Waals surface area contributed by atoms with E-state index in [4.69, 9.17) is 9.84 Å². The van der Waals surface area contributed by atoms with E-state index in [1.807, 2.05) is 21.2 Å². The second-order valence-corrected chi connectivity index (χ2v) is 10.6. The first-order chi connectivity index (χ1) is 19.9. The van der Waals surface area contributed by atoms with E-state index < -0.39 is 11.8 Å². The molecule has 212 valence electrons. The van der Waals surface area contributed by atoms with Crippen molar-refractivity contribution in [1.29, 1.82) is 5.26 Å². The standard InChI is InChI=1S/C32H33FN4O4/c1-2-3-8-29-27(17-21-9-14-26(28(33)18-21)25-7-5-4-6-22(25)19-34)32(40)36(30-15-16-35-37(29)30)23-10-12-24(13-11-23)41-20-31(38)39/h4-7,9,14-16,18,23-24H,2-3,8,10-13,17,20H2,1H3,(H,38,39). The minimum absolute atomic E-state index is 0.0769. The number of hydrogen-bond donors (Lipinski definition) is 1. The topological polar surface area (TPSA) is 110 Å². The minimum Gasteiger partial charge on any atom is -0.480 e. The third-order valence-electron chi connectivity index (χ3n) is 7.92. The van der Waals surface area contributed by atoms with Crippen LogP contribution in [0.2, 0.25) is 0 Å². The molecule has 9 heteroatoms. The van der Waals surface area contributed by atoms with Crippen LogP contribution >= 0.6 is 0 Å². The maximum Gasteiger partial charge on any atom is 0.329 e. The van der Waals surface area contributed by atoms with Gasteiger partial charge in [-0.2, -0.15) is 10.4 Å². The SMILES string of the molecule is CCCCc1c(Cc2ccc(-c3ccccc3C#N)c(F)c2)c(=O)n(C2CCC(OCC(=O)O)CC2)c2ccnn12. The lowest BCUT2D eigenvalue weighted by Crippen LogP contribution is -2.35. The molecule has 5 rings (SSSR count). The molecule has 1 aliphatic carbocycles. The molecule has 1 N–H and O–H groups in total. The zero-order chi connectivity index (χ0) is 28.9. The largest absolute Gasteiger partial charge is 0.480 e. The number of fused-ring (bicyclic) bond motifs is 1. The third-order valence-corrected chi connectivity index (χ3v) is 7.92. The maximum absolute atomic E-state index is 15.4. The van der Waals surface area contributed by atoms with E-state index in [1.165, 1.54) is 6.07 Å². The summed E-state index contributed by atoms with van der Waals surface area (Å²) in [6.45, 7) is 1.77. The molecule has 0 amide bonds. The van der Waals surface area contributed by atoms with Gasteiger partial charge < -0.3 is 9.84 Å². The maximum atomic E-state index is 15.4. The number of carboxylic acids is 1. The van der Waals surface area contributed by atoms with Gasteiger partial charge in [-0.15, -0.1) is 0 Å². The van der Waals surface area contributed by atoms with Crippen LogP contribution in [0.1, 0.15) is 73.9 Å². The average molecular weight is 557 g/mol. The van der Waals surface area contributed by atoms with E-state index in [-0.39, 0.29) is 30.7 Å². The zero-order valence-electron chi connectivity index (χ0n) is 23.1. The number of carbonyl (C=O) groups is 1. The van der Waals surface area contributed by atoms with E-state index in [0.717, 1.165) is 24.2 Å². The van der Waals surface area contributed by atoms with Gasteiger partial charge in [0.2, 0.25) is 0 Å². The van der Waals surface area contributed by atoms with Crippen LogP contribution in [0, 0.1) is 17.1 Å². The molecule has 1 fully saturated rings. The number of aryl methyl sites for hydroxylation is 1. The van der Waals surface area contributed by atoms with Gasteiger partial charge in [0, 0.05) is 35.2 Å². The Morgan fingerprint density at radius 2 is 1.93 bits per heavy atom. The monoisotopic (exact) mass is 556 g/mol. The molecule has 0 saturated heterocycles. The summed E-state index contributed by atoms with van der Waals surface area (Å²) in [7, 11) is 0. The summed E-state index contributed by atoms with van der Waals surface area (Å²) in [6.07, 6.45) is 7.00. The van der Waals surface area contributed by atoms with E-state index in [1.54, 1.807) is 36.5 Å². The van der Waals surface area contributed by atoms with Gasteiger partial charge in [0.25, 0.3) is 5.56 Å². The van der Waals surface area contributed by atoms with Crippen molar-refractivity contribution in [2.75, 3.05) is 6.61 Å². The van der Waals surface area contributed by atoms with Crippen LogP contribution in [-0.4, -0.2) is 38.0 Å². The van der Waals surface area contributed by atoms with E-state index in [9.17, 15) is 14.9 Å². The Labute approximate surface area is 237 Å². The smallest absolute Gasteiger partial charge is 0.329 e. The predicted molar refractivity (Wildman–Crippen MR) is 152 cm³/mol. The zero-order valence-corrected chi connectivity index (χ0v) is 23.1. The first-order valence-electron chi connectivity index (χ1n) is 14.1. The number of benzene rings is 2. The van der Waals surface area contributed by atoms with Crippen molar-refractivity contribution in [2.45, 2.75) is 70.4 Å². The van der Waals surface area contributed by atoms with E-state index in [0.29, 0.717) is 59.9 Å². The fourth-order valence-electron chi connectivity index (χ4n) is 5.88. The van der Waals surface area contributed by atoms with Crippen LogP contribution in [0.5, 0.6) is 0 Å². The normalized spacial score (nSPS) is 17.0. The lowest BCUT2D eigenvalue weighted by atomic mass is 9.92. The van der Waals surface area contributed by atoms with Gasteiger partial charge in [-0.05, 0) is 56.2 Å². The third kappa shape index (κ3) is 5.93. The summed E-state index contributed by atoms with van der Waals surface area (Å²) >= 11 is 0. The van der Waals surface area contributed by atoms with Crippen LogP contribution in [0.15, 0.2) is 59.5 Å². The molecular formula is C32H33FN4O4. The van der Waals surface area contributed by atoms with Gasteiger partial charge in [0.1, 0.15) is 18.1 Å². The van der Waals surface area contributed by atoms with Crippen LogP contribution in [0.4, 0.5) is 4.39 Å². The second kappa shape index (κ2) is 12.5. The summed E-state index contributed by atoms with van der Waals surface area (Å²) in [6, 6.07) is 15.8. The molecule has 0 radical (unpaired) electrons. The molecule has 8 nitrogen and oxygen atoms in total. The van der Waals surface area contributed by atoms with E-state index >= 15 is 4.39 Å². The number of aliphatic carboxylic acids is 1. The number of rotatable bonds is 10. The highest BCUT2D eigenvalue weighted by Crippen LogP contribution is 2.32. The quantitative estimate of drug-likeness (QED) is 0.269. The van der Waals surface area contributed by atoms with Crippen LogP contribution < -0.4 is 5.56 Å². The minimum atomic E-state index is -0.990. The molecule has 0 bridgehead atoms. The Morgan fingerprint density at radius 1 is 1.15 bits per heavy atom. The molecule has 0 spiro atoms. The second-order valence-electron chi connectivity index (χ2n) is 10.6. The number of unbranched alkanes of at least 4 members (excludes halogenated alkanes) is 1. The average Bonchev–Trinajstić information content (AvgIpc) is 3.46. The number of nitrogens with zero attached hydrogens (tertiary/aromatic N) is 4.